The van der Waals surface area contributed by atoms with Crippen LogP contribution in [-0.2, 0) is 12.8 Å². The van der Waals surface area contributed by atoms with Crippen LogP contribution in [-0.4, -0.2) is 34.9 Å². The van der Waals surface area contributed by atoms with Gasteiger partial charge in [0.2, 0.25) is 11.8 Å². The first kappa shape index (κ1) is 20.5. The van der Waals surface area contributed by atoms with Crippen molar-refractivity contribution in [1.82, 2.24) is 34.9 Å². The summed E-state index contributed by atoms with van der Waals surface area (Å²) in [5, 5.41) is 26.5. The van der Waals surface area contributed by atoms with Crippen LogP contribution in [0.25, 0.3) is 28.5 Å². The molecule has 0 saturated carbocycles. The molecule has 0 radical (unpaired) electrons. The van der Waals surface area contributed by atoms with Gasteiger partial charge in [-0.25, -0.2) is 0 Å². The first-order valence-electron chi connectivity index (χ1n) is 10.0. The SMILES string of the molecule is N#Cc1ccc(-c2nnc(CCc3nnc(-c4ccncc4)n3-c3ccncc3Cl)o2)cc1. The molecule has 4 heterocycles. The summed E-state index contributed by atoms with van der Waals surface area (Å²) in [6, 6.07) is 14.6. The van der Waals surface area contributed by atoms with Crippen molar-refractivity contribution in [3.05, 3.63) is 89.6 Å². The lowest BCUT2D eigenvalue weighted by molar-refractivity contribution is 0.501. The Morgan fingerprint density at radius 1 is 0.848 bits per heavy atom. The van der Waals surface area contributed by atoms with Crippen LogP contribution >= 0.6 is 11.6 Å². The minimum Gasteiger partial charge on any atom is -0.421 e. The molecule has 9 nitrogen and oxygen atoms in total. The quantitative estimate of drug-likeness (QED) is 0.376. The van der Waals surface area contributed by atoms with Crippen molar-refractivity contribution in [3.63, 3.8) is 0 Å². The lowest BCUT2D eigenvalue weighted by Crippen LogP contribution is -2.06. The normalized spacial score (nSPS) is 10.8. The van der Waals surface area contributed by atoms with Crippen LogP contribution in [0.1, 0.15) is 17.3 Å². The van der Waals surface area contributed by atoms with Crippen LogP contribution in [0, 0.1) is 11.3 Å². The van der Waals surface area contributed by atoms with E-state index in [4.69, 9.17) is 21.3 Å². The van der Waals surface area contributed by atoms with Gasteiger partial charge in [0.25, 0.3) is 0 Å². The number of halogens is 1. The predicted molar refractivity (Wildman–Crippen MR) is 119 cm³/mol. The van der Waals surface area contributed by atoms with E-state index in [1.54, 1.807) is 49.1 Å². The number of rotatable bonds is 6. The molecule has 160 valence electrons. The van der Waals surface area contributed by atoms with E-state index in [9.17, 15) is 0 Å². The van der Waals surface area contributed by atoms with Gasteiger partial charge in [-0.2, -0.15) is 5.26 Å². The van der Waals surface area contributed by atoms with Crippen LogP contribution in [0.4, 0.5) is 0 Å². The second kappa shape index (κ2) is 8.98. The molecule has 0 N–H and O–H groups in total. The molecule has 0 aliphatic rings. The Bertz CT molecular complexity index is 1440. The molecule has 0 amide bonds. The maximum atomic E-state index is 8.95. The van der Waals surface area contributed by atoms with Gasteiger partial charge in [0, 0.05) is 48.8 Å². The molecule has 0 aliphatic carbocycles. The average molecular weight is 455 g/mol. The third kappa shape index (κ3) is 4.20. The van der Waals surface area contributed by atoms with Gasteiger partial charge in [0.05, 0.1) is 22.3 Å². The Morgan fingerprint density at radius 2 is 1.64 bits per heavy atom. The first-order chi connectivity index (χ1) is 16.2. The summed E-state index contributed by atoms with van der Waals surface area (Å²) in [4.78, 5) is 8.15. The van der Waals surface area contributed by atoms with Gasteiger partial charge in [-0.1, -0.05) is 11.6 Å². The molecule has 0 aliphatic heterocycles. The molecule has 0 unspecified atom stereocenters. The van der Waals surface area contributed by atoms with Gasteiger partial charge < -0.3 is 4.42 Å². The van der Waals surface area contributed by atoms with Gasteiger partial charge in [-0.15, -0.1) is 20.4 Å². The lowest BCUT2D eigenvalue weighted by Gasteiger charge is -2.11. The van der Waals surface area contributed by atoms with E-state index in [2.05, 4.69) is 36.4 Å². The summed E-state index contributed by atoms with van der Waals surface area (Å²) in [6.07, 6.45) is 7.60. The summed E-state index contributed by atoms with van der Waals surface area (Å²) in [7, 11) is 0. The van der Waals surface area contributed by atoms with Crippen LogP contribution in [0.15, 0.2) is 71.7 Å². The fraction of sp³-hybridized carbons (Fsp3) is 0.0870. The minimum atomic E-state index is 0.394. The molecule has 0 bridgehead atoms. The number of aryl methyl sites for hydroxylation is 2. The van der Waals surface area contributed by atoms with Gasteiger partial charge in [0.15, 0.2) is 5.82 Å². The maximum Gasteiger partial charge on any atom is 0.247 e. The molecule has 5 rings (SSSR count). The van der Waals surface area contributed by atoms with E-state index in [-0.39, 0.29) is 0 Å². The number of pyridine rings is 2. The topological polar surface area (TPSA) is 119 Å². The Balaban J connectivity index is 1.44. The molecule has 33 heavy (non-hydrogen) atoms. The van der Waals surface area contributed by atoms with Crippen molar-refractivity contribution in [2.75, 3.05) is 0 Å². The highest BCUT2D eigenvalue weighted by Crippen LogP contribution is 2.27. The minimum absolute atomic E-state index is 0.394. The van der Waals surface area contributed by atoms with Crippen molar-refractivity contribution >= 4 is 11.6 Å². The Kier molecular flexibility index (Phi) is 5.57. The molecule has 5 aromatic rings. The molecule has 0 spiro atoms. The summed E-state index contributed by atoms with van der Waals surface area (Å²) in [5.41, 5.74) is 2.90. The molecule has 1 aromatic carbocycles. The van der Waals surface area contributed by atoms with E-state index >= 15 is 0 Å². The zero-order valence-corrected chi connectivity index (χ0v) is 17.9. The molecule has 10 heteroatoms. The molecular weight excluding hydrogens is 440 g/mol. The first-order valence-corrected chi connectivity index (χ1v) is 10.4. The van der Waals surface area contributed by atoms with E-state index < -0.39 is 0 Å². The largest absolute Gasteiger partial charge is 0.421 e. The smallest absolute Gasteiger partial charge is 0.247 e. The van der Waals surface area contributed by atoms with Crippen LogP contribution in [0.2, 0.25) is 5.02 Å². The van der Waals surface area contributed by atoms with Gasteiger partial charge in [-0.3, -0.25) is 14.5 Å². The number of nitriles is 1. The fourth-order valence-electron chi connectivity index (χ4n) is 3.35. The molecular formula is C23H15ClN8O. The third-order valence-electron chi connectivity index (χ3n) is 4.95. The van der Waals surface area contributed by atoms with E-state index in [1.165, 1.54) is 0 Å². The second-order valence-electron chi connectivity index (χ2n) is 7.03. The average Bonchev–Trinajstić information content (AvgIpc) is 3.51. The highest BCUT2D eigenvalue weighted by molar-refractivity contribution is 6.32. The predicted octanol–water partition coefficient (Wildman–Crippen LogP) is 4.08. The lowest BCUT2D eigenvalue weighted by atomic mass is 10.1. The molecule has 4 aromatic heterocycles. The maximum absolute atomic E-state index is 8.95. The standard InChI is InChI=1S/C23H15ClN8O/c24-18-14-27-12-9-19(18)32-20(28-30-22(32)16-7-10-26-11-8-16)5-6-21-29-31-23(33-21)17-3-1-15(13-25)2-4-17/h1-4,7-12,14H,5-6H2. The van der Waals surface area contributed by atoms with Gasteiger partial charge >= 0.3 is 0 Å². The zero-order chi connectivity index (χ0) is 22.6. The third-order valence-corrected chi connectivity index (χ3v) is 5.24. The van der Waals surface area contributed by atoms with Crippen molar-refractivity contribution in [2.24, 2.45) is 0 Å². The molecule has 0 fully saturated rings. The van der Waals surface area contributed by atoms with E-state index in [1.807, 2.05) is 22.8 Å². The number of nitrogens with zero attached hydrogens (tertiary/aromatic N) is 8. The number of hydrogen-bond acceptors (Lipinski definition) is 8. The number of benzene rings is 1. The van der Waals surface area contributed by atoms with E-state index in [0.717, 1.165) is 16.8 Å². The monoisotopic (exact) mass is 454 g/mol. The highest BCUT2D eigenvalue weighted by atomic mass is 35.5. The van der Waals surface area contributed by atoms with Gasteiger partial charge in [0.1, 0.15) is 5.82 Å². The highest BCUT2D eigenvalue weighted by Gasteiger charge is 2.19. The zero-order valence-electron chi connectivity index (χ0n) is 17.1. The number of aromatic nitrogens is 7. The van der Waals surface area contributed by atoms with Crippen molar-refractivity contribution in [2.45, 2.75) is 12.8 Å². The van der Waals surface area contributed by atoms with Crippen LogP contribution < -0.4 is 0 Å². The van der Waals surface area contributed by atoms with Crippen molar-refractivity contribution in [1.29, 1.82) is 5.26 Å². The number of hydrogen-bond donors (Lipinski definition) is 0. The Labute approximate surface area is 193 Å². The fourth-order valence-corrected chi connectivity index (χ4v) is 3.55. The summed E-state index contributed by atoms with van der Waals surface area (Å²) < 4.78 is 7.72. The van der Waals surface area contributed by atoms with Crippen LogP contribution in [0.5, 0.6) is 0 Å². The van der Waals surface area contributed by atoms with Crippen LogP contribution in [0.3, 0.4) is 0 Å². The Morgan fingerprint density at radius 3 is 2.39 bits per heavy atom. The van der Waals surface area contributed by atoms with Gasteiger partial charge in [-0.05, 0) is 42.5 Å². The Hall–Kier alpha value is -4.42. The van der Waals surface area contributed by atoms with Crippen molar-refractivity contribution in [3.8, 4) is 34.6 Å². The molecule has 0 atom stereocenters. The van der Waals surface area contributed by atoms with Crippen molar-refractivity contribution < 1.29 is 4.42 Å². The van der Waals surface area contributed by atoms with E-state index in [0.29, 0.717) is 46.9 Å². The second-order valence-corrected chi connectivity index (χ2v) is 7.44. The summed E-state index contributed by atoms with van der Waals surface area (Å²) >= 11 is 6.44. The summed E-state index contributed by atoms with van der Waals surface area (Å²) in [5.74, 6) is 2.19. The summed E-state index contributed by atoms with van der Waals surface area (Å²) in [6.45, 7) is 0. The molecule has 0 saturated heterocycles.